The third-order valence-corrected chi connectivity index (χ3v) is 2.05. The summed E-state index contributed by atoms with van der Waals surface area (Å²) < 4.78 is 38.5. The lowest BCUT2D eigenvalue weighted by atomic mass is 10.0. The van der Waals surface area contributed by atoms with E-state index in [9.17, 15) is 23.4 Å². The van der Waals surface area contributed by atoms with E-state index >= 15 is 0 Å². The fourth-order valence-electron chi connectivity index (χ4n) is 1.18. The first-order valence-corrected chi connectivity index (χ1v) is 4.35. The summed E-state index contributed by atoms with van der Waals surface area (Å²) in [6.45, 7) is 0. The van der Waals surface area contributed by atoms with Gasteiger partial charge in [0.1, 0.15) is 6.10 Å². The van der Waals surface area contributed by atoms with Crippen LogP contribution in [0.2, 0.25) is 0 Å². The van der Waals surface area contributed by atoms with Crippen LogP contribution >= 0.6 is 0 Å². The van der Waals surface area contributed by atoms with E-state index in [-0.39, 0.29) is 0 Å². The zero-order valence-electron chi connectivity index (χ0n) is 7.99. The van der Waals surface area contributed by atoms with Crippen molar-refractivity contribution in [1.29, 1.82) is 5.26 Å². The molecule has 0 aromatic heterocycles. The molecular weight excluding hydrogens is 223 g/mol. The van der Waals surface area contributed by atoms with Gasteiger partial charge in [-0.25, -0.2) is 13.2 Å². The van der Waals surface area contributed by atoms with Gasteiger partial charge < -0.3 is 10.2 Å². The van der Waals surface area contributed by atoms with Gasteiger partial charge in [0.25, 0.3) is 0 Å². The molecule has 0 aliphatic heterocycles. The Bertz CT molecular complexity index is 431. The summed E-state index contributed by atoms with van der Waals surface area (Å²) in [6, 6.07) is 3.02. The summed E-state index contributed by atoms with van der Waals surface area (Å²) in [6.07, 6.45) is -3.77. The highest BCUT2D eigenvalue weighted by molar-refractivity contribution is 5.23. The van der Waals surface area contributed by atoms with Gasteiger partial charge >= 0.3 is 0 Å². The molecule has 0 aliphatic carbocycles. The van der Waals surface area contributed by atoms with Gasteiger partial charge in [0.15, 0.2) is 17.5 Å². The number of hydrogen-bond acceptors (Lipinski definition) is 3. The molecule has 0 saturated heterocycles. The predicted octanol–water partition coefficient (Wildman–Crippen LogP) is 1.41. The summed E-state index contributed by atoms with van der Waals surface area (Å²) >= 11 is 0. The molecule has 0 fully saturated rings. The average molecular weight is 231 g/mol. The van der Waals surface area contributed by atoms with Crippen molar-refractivity contribution in [1.82, 2.24) is 0 Å². The van der Waals surface area contributed by atoms with Crippen LogP contribution in [-0.4, -0.2) is 16.3 Å². The first-order valence-electron chi connectivity index (χ1n) is 4.35. The fraction of sp³-hybridized carbons (Fsp3) is 0.300. The normalized spacial score (nSPS) is 14.2. The molecule has 3 nitrogen and oxygen atoms in total. The first kappa shape index (κ1) is 12.5. The number of benzene rings is 1. The lowest BCUT2D eigenvalue weighted by molar-refractivity contribution is 0.0190. The van der Waals surface area contributed by atoms with Gasteiger partial charge in [-0.1, -0.05) is 6.07 Å². The highest BCUT2D eigenvalue weighted by Crippen LogP contribution is 2.24. The number of rotatable bonds is 3. The summed E-state index contributed by atoms with van der Waals surface area (Å²) in [5.41, 5.74) is -0.582. The molecule has 1 aromatic rings. The maximum Gasteiger partial charge on any atom is 0.194 e. The molecule has 0 bridgehead atoms. The third-order valence-electron chi connectivity index (χ3n) is 2.05. The van der Waals surface area contributed by atoms with Crippen LogP contribution in [0, 0.1) is 28.8 Å². The van der Waals surface area contributed by atoms with Crippen LogP contribution in [0.15, 0.2) is 12.1 Å². The predicted molar refractivity (Wildman–Crippen MR) is 47.5 cm³/mol. The Balaban J connectivity index is 3.06. The Morgan fingerprint density at radius 3 is 2.38 bits per heavy atom. The van der Waals surface area contributed by atoms with Crippen molar-refractivity contribution in [2.45, 2.75) is 18.6 Å². The molecule has 2 atom stereocenters. The van der Waals surface area contributed by atoms with E-state index in [4.69, 9.17) is 5.26 Å². The molecule has 0 saturated carbocycles. The highest BCUT2D eigenvalue weighted by Gasteiger charge is 2.24. The SMILES string of the molecule is N#CCC(O)C(O)c1ccc(F)c(F)c1F. The van der Waals surface area contributed by atoms with Crippen LogP contribution in [-0.2, 0) is 0 Å². The lowest BCUT2D eigenvalue weighted by Crippen LogP contribution is -2.19. The van der Waals surface area contributed by atoms with Crippen LogP contribution in [0.25, 0.3) is 0 Å². The maximum absolute atomic E-state index is 13.1. The van der Waals surface area contributed by atoms with E-state index < -0.39 is 41.6 Å². The molecule has 6 heteroatoms. The lowest BCUT2D eigenvalue weighted by Gasteiger charge is -2.16. The Morgan fingerprint density at radius 1 is 1.19 bits per heavy atom. The van der Waals surface area contributed by atoms with E-state index in [2.05, 4.69) is 0 Å². The van der Waals surface area contributed by atoms with Gasteiger partial charge in [-0.2, -0.15) is 5.26 Å². The van der Waals surface area contributed by atoms with Gasteiger partial charge in [-0.15, -0.1) is 0 Å². The van der Waals surface area contributed by atoms with E-state index in [0.29, 0.717) is 6.07 Å². The minimum Gasteiger partial charge on any atom is -0.389 e. The maximum atomic E-state index is 13.1. The Kier molecular flexibility index (Phi) is 3.88. The van der Waals surface area contributed by atoms with Crippen molar-refractivity contribution in [3.8, 4) is 6.07 Å². The quantitative estimate of drug-likeness (QED) is 0.773. The fourth-order valence-corrected chi connectivity index (χ4v) is 1.18. The van der Waals surface area contributed by atoms with Crippen molar-refractivity contribution >= 4 is 0 Å². The van der Waals surface area contributed by atoms with Crippen molar-refractivity contribution in [3.63, 3.8) is 0 Å². The van der Waals surface area contributed by atoms with Gasteiger partial charge in [-0.3, -0.25) is 0 Å². The zero-order chi connectivity index (χ0) is 12.3. The molecule has 1 rings (SSSR count). The van der Waals surface area contributed by atoms with Crippen molar-refractivity contribution in [3.05, 3.63) is 35.1 Å². The number of nitrogens with zero attached hydrogens (tertiary/aromatic N) is 1. The standard InChI is InChI=1S/C10H8F3NO2/c11-6-2-1-5(8(12)9(6)13)10(16)7(15)3-4-14/h1-2,7,10,15-16H,3H2. The molecule has 0 radical (unpaired) electrons. The number of aliphatic hydroxyl groups is 2. The zero-order valence-corrected chi connectivity index (χ0v) is 7.99. The summed E-state index contributed by atoms with van der Waals surface area (Å²) in [4.78, 5) is 0. The minimum absolute atomic E-state index is 0.445. The Morgan fingerprint density at radius 2 is 1.81 bits per heavy atom. The largest absolute Gasteiger partial charge is 0.389 e. The topological polar surface area (TPSA) is 64.2 Å². The number of hydrogen-bond donors (Lipinski definition) is 2. The summed E-state index contributed by atoms with van der Waals surface area (Å²) in [5.74, 6) is -4.67. The van der Waals surface area contributed by atoms with Crippen LogP contribution in [0.5, 0.6) is 0 Å². The molecule has 0 aliphatic rings. The van der Waals surface area contributed by atoms with Crippen molar-refractivity contribution in [2.75, 3.05) is 0 Å². The highest BCUT2D eigenvalue weighted by atomic mass is 19.2. The second-order valence-electron chi connectivity index (χ2n) is 3.14. The Labute approximate surface area is 89.4 Å². The summed E-state index contributed by atoms with van der Waals surface area (Å²) in [7, 11) is 0. The van der Waals surface area contributed by atoms with E-state index in [1.807, 2.05) is 0 Å². The molecule has 0 amide bonds. The van der Waals surface area contributed by atoms with E-state index in [1.165, 1.54) is 0 Å². The van der Waals surface area contributed by atoms with Crippen LogP contribution in [0.3, 0.4) is 0 Å². The average Bonchev–Trinajstić information content (AvgIpc) is 2.26. The van der Waals surface area contributed by atoms with E-state index in [0.717, 1.165) is 6.07 Å². The van der Waals surface area contributed by atoms with Crippen LogP contribution < -0.4 is 0 Å². The van der Waals surface area contributed by atoms with Gasteiger partial charge in [0, 0.05) is 5.56 Å². The third kappa shape index (κ3) is 2.32. The molecule has 2 unspecified atom stereocenters. The Hall–Kier alpha value is -1.58. The molecule has 2 N–H and O–H groups in total. The minimum atomic E-state index is -1.77. The molecule has 86 valence electrons. The van der Waals surface area contributed by atoms with Gasteiger partial charge in [-0.05, 0) is 6.07 Å². The monoisotopic (exact) mass is 231 g/mol. The number of aliphatic hydroxyl groups excluding tert-OH is 2. The van der Waals surface area contributed by atoms with Gasteiger partial charge in [0.2, 0.25) is 0 Å². The van der Waals surface area contributed by atoms with Crippen molar-refractivity contribution < 1.29 is 23.4 Å². The molecular formula is C10H8F3NO2. The molecule has 0 heterocycles. The summed E-state index contributed by atoms with van der Waals surface area (Å²) in [5, 5.41) is 26.8. The molecule has 1 aromatic carbocycles. The second-order valence-corrected chi connectivity index (χ2v) is 3.14. The molecule has 16 heavy (non-hydrogen) atoms. The van der Waals surface area contributed by atoms with Crippen molar-refractivity contribution in [2.24, 2.45) is 0 Å². The number of nitriles is 1. The first-order chi connectivity index (χ1) is 7.49. The number of halogens is 3. The second kappa shape index (κ2) is 4.96. The van der Waals surface area contributed by atoms with Crippen LogP contribution in [0.1, 0.15) is 18.1 Å². The van der Waals surface area contributed by atoms with Gasteiger partial charge in [0.05, 0.1) is 18.6 Å². The van der Waals surface area contributed by atoms with Crippen LogP contribution in [0.4, 0.5) is 13.2 Å². The molecule has 0 spiro atoms. The van der Waals surface area contributed by atoms with E-state index in [1.54, 1.807) is 6.07 Å². The smallest absolute Gasteiger partial charge is 0.194 e.